The number of ether oxygens (including phenoxy) is 2. The second-order valence-electron chi connectivity index (χ2n) is 11.7. The highest BCUT2D eigenvalue weighted by molar-refractivity contribution is 5.93. The van der Waals surface area contributed by atoms with Crippen LogP contribution in [0.1, 0.15) is 61.0 Å². The summed E-state index contributed by atoms with van der Waals surface area (Å²) >= 11 is 0. The fourth-order valence-electron chi connectivity index (χ4n) is 5.17. The molecule has 0 saturated carbocycles. The maximum Gasteiger partial charge on any atom is 0.416 e. The summed E-state index contributed by atoms with van der Waals surface area (Å²) in [6, 6.07) is 18.0. The van der Waals surface area contributed by atoms with Crippen LogP contribution >= 0.6 is 0 Å². The number of hydrogen-bond donors (Lipinski definition) is 0. The molecule has 0 N–H and O–H groups in total. The number of carbonyl (C=O) groups excluding carboxylic acids is 2. The number of piperidine rings is 1. The Morgan fingerprint density at radius 1 is 0.864 bits per heavy atom. The van der Waals surface area contributed by atoms with Gasteiger partial charge in [-0.15, -0.1) is 5.10 Å². The van der Waals surface area contributed by atoms with Gasteiger partial charge in [-0.05, 0) is 98.7 Å². The number of benzene rings is 3. The minimum absolute atomic E-state index is 0.285. The third-order valence-corrected chi connectivity index (χ3v) is 7.46. The molecular weight excluding hydrogens is 573 g/mol. The van der Waals surface area contributed by atoms with E-state index in [9.17, 15) is 22.8 Å². The summed E-state index contributed by atoms with van der Waals surface area (Å²) in [6.45, 7) is 6.82. The van der Waals surface area contributed by atoms with Crippen LogP contribution in [0, 0.1) is 0 Å². The smallest absolute Gasteiger partial charge is 0.416 e. The van der Waals surface area contributed by atoms with E-state index in [0.29, 0.717) is 41.5 Å². The van der Waals surface area contributed by atoms with Crippen LogP contribution < -0.4 is 0 Å². The van der Waals surface area contributed by atoms with E-state index >= 15 is 0 Å². The van der Waals surface area contributed by atoms with Crippen LogP contribution in [0.15, 0.2) is 72.9 Å². The van der Waals surface area contributed by atoms with Crippen molar-refractivity contribution in [2.75, 3.05) is 20.2 Å². The number of amides is 1. The van der Waals surface area contributed by atoms with E-state index in [0.717, 1.165) is 36.1 Å². The van der Waals surface area contributed by atoms with Crippen molar-refractivity contribution in [2.24, 2.45) is 0 Å². The standard InChI is InChI=1S/C33H33F3N4O4/c1-32(2,3)44-31(42)39-15-13-23(14-16-39)21-5-7-22(8-6-21)24-17-25(19-26(18-24)30(41)43-4)29-20-40(38-37-29)28-11-9-27(10-12-28)33(34,35)36/h5-12,17-20,23H,13-16H2,1-4H3. The van der Waals surface area contributed by atoms with Gasteiger partial charge in [0.25, 0.3) is 0 Å². The Morgan fingerprint density at radius 2 is 1.50 bits per heavy atom. The van der Waals surface area contributed by atoms with Gasteiger partial charge < -0.3 is 14.4 Å². The minimum atomic E-state index is -4.44. The highest BCUT2D eigenvalue weighted by atomic mass is 19.4. The second kappa shape index (κ2) is 12.1. The van der Waals surface area contributed by atoms with Crippen LogP contribution in [0.4, 0.5) is 18.0 Å². The second-order valence-corrected chi connectivity index (χ2v) is 11.7. The highest BCUT2D eigenvalue weighted by Gasteiger charge is 2.30. The van der Waals surface area contributed by atoms with Gasteiger partial charge in [0.1, 0.15) is 11.3 Å². The number of aromatic nitrogens is 3. The quantitative estimate of drug-likeness (QED) is 0.219. The van der Waals surface area contributed by atoms with Crippen molar-refractivity contribution < 1.29 is 32.2 Å². The lowest BCUT2D eigenvalue weighted by Crippen LogP contribution is -2.41. The molecule has 1 aliphatic heterocycles. The van der Waals surface area contributed by atoms with Crippen LogP contribution in [-0.4, -0.2) is 57.8 Å². The van der Waals surface area contributed by atoms with Gasteiger partial charge in [0, 0.05) is 18.7 Å². The summed E-state index contributed by atoms with van der Waals surface area (Å²) in [5.41, 5.74) is 3.29. The molecule has 8 nitrogen and oxygen atoms in total. The maximum absolute atomic E-state index is 13.0. The minimum Gasteiger partial charge on any atom is -0.465 e. The van der Waals surface area contributed by atoms with Gasteiger partial charge in [-0.1, -0.05) is 29.5 Å². The molecule has 0 radical (unpaired) electrons. The topological polar surface area (TPSA) is 86.5 Å². The molecule has 1 saturated heterocycles. The third-order valence-electron chi connectivity index (χ3n) is 7.46. The molecular formula is C33H33F3N4O4. The summed E-state index contributed by atoms with van der Waals surface area (Å²) in [5.74, 6) is -0.212. The molecule has 44 heavy (non-hydrogen) atoms. The fourth-order valence-corrected chi connectivity index (χ4v) is 5.17. The molecule has 0 aliphatic carbocycles. The molecule has 0 bridgehead atoms. The van der Waals surface area contributed by atoms with Gasteiger partial charge in [0.15, 0.2) is 0 Å². The fraction of sp³-hybridized carbons (Fsp3) is 0.333. The molecule has 5 rings (SSSR count). The summed E-state index contributed by atoms with van der Waals surface area (Å²) in [5, 5.41) is 8.30. The highest BCUT2D eigenvalue weighted by Crippen LogP contribution is 2.33. The normalized spacial score (nSPS) is 14.4. The van der Waals surface area contributed by atoms with Crippen LogP contribution in [0.2, 0.25) is 0 Å². The molecule has 3 aromatic carbocycles. The number of esters is 1. The van der Waals surface area contributed by atoms with E-state index in [-0.39, 0.29) is 6.09 Å². The maximum atomic E-state index is 13.0. The Morgan fingerprint density at radius 3 is 2.09 bits per heavy atom. The van der Waals surface area contributed by atoms with Crippen molar-refractivity contribution in [1.82, 2.24) is 19.9 Å². The number of hydrogen-bond acceptors (Lipinski definition) is 6. The first-order valence-electron chi connectivity index (χ1n) is 14.2. The number of rotatable bonds is 5. The average molecular weight is 607 g/mol. The van der Waals surface area contributed by atoms with Crippen molar-refractivity contribution in [2.45, 2.75) is 51.3 Å². The average Bonchev–Trinajstić information content (AvgIpc) is 3.50. The predicted octanol–water partition coefficient (Wildman–Crippen LogP) is 7.52. The molecule has 1 aliphatic rings. The zero-order valence-electron chi connectivity index (χ0n) is 24.9. The Hall–Kier alpha value is -4.67. The van der Waals surface area contributed by atoms with Gasteiger partial charge in [-0.25, -0.2) is 14.3 Å². The Kier molecular flexibility index (Phi) is 8.49. The number of alkyl halides is 3. The van der Waals surface area contributed by atoms with E-state index in [2.05, 4.69) is 22.4 Å². The third kappa shape index (κ3) is 7.10. The van der Waals surface area contributed by atoms with Gasteiger partial charge in [0.05, 0.1) is 30.1 Å². The van der Waals surface area contributed by atoms with Crippen LogP contribution in [0.25, 0.3) is 28.1 Å². The molecule has 1 aromatic heterocycles. The van der Waals surface area contributed by atoms with Gasteiger partial charge in [0.2, 0.25) is 0 Å². The zero-order valence-corrected chi connectivity index (χ0v) is 24.9. The lowest BCUT2D eigenvalue weighted by atomic mass is 9.88. The predicted molar refractivity (Wildman–Crippen MR) is 158 cm³/mol. The largest absolute Gasteiger partial charge is 0.465 e. The Labute approximate surface area is 253 Å². The number of halogens is 3. The lowest BCUT2D eigenvalue weighted by molar-refractivity contribution is -0.137. The van der Waals surface area contributed by atoms with Crippen molar-refractivity contribution in [3.63, 3.8) is 0 Å². The summed E-state index contributed by atoms with van der Waals surface area (Å²) in [6.07, 6.45) is -1.47. The molecule has 2 heterocycles. The molecule has 0 spiro atoms. The molecule has 1 amide bonds. The first-order valence-corrected chi connectivity index (χ1v) is 14.2. The van der Waals surface area contributed by atoms with E-state index in [4.69, 9.17) is 9.47 Å². The molecule has 11 heteroatoms. The van der Waals surface area contributed by atoms with Crippen molar-refractivity contribution >= 4 is 12.1 Å². The summed E-state index contributed by atoms with van der Waals surface area (Å²) in [4.78, 5) is 26.7. The molecule has 0 unspecified atom stereocenters. The molecule has 230 valence electrons. The van der Waals surface area contributed by atoms with E-state index in [1.165, 1.54) is 29.5 Å². The number of likely N-dealkylation sites (tertiary alicyclic amines) is 1. The van der Waals surface area contributed by atoms with Crippen molar-refractivity contribution in [3.8, 4) is 28.1 Å². The Bertz CT molecular complexity index is 1630. The van der Waals surface area contributed by atoms with Crippen LogP contribution in [-0.2, 0) is 15.7 Å². The van der Waals surface area contributed by atoms with Gasteiger partial charge in [-0.3, -0.25) is 0 Å². The molecule has 4 aromatic rings. The number of methoxy groups -OCH3 is 1. The van der Waals surface area contributed by atoms with Gasteiger partial charge in [-0.2, -0.15) is 13.2 Å². The summed E-state index contributed by atoms with van der Waals surface area (Å²) in [7, 11) is 1.30. The van der Waals surface area contributed by atoms with E-state index in [1.807, 2.05) is 39.0 Å². The van der Waals surface area contributed by atoms with Crippen LogP contribution in [0.5, 0.6) is 0 Å². The Balaban J connectivity index is 1.35. The van der Waals surface area contributed by atoms with E-state index < -0.39 is 23.3 Å². The first kappa shape index (κ1) is 30.8. The lowest BCUT2D eigenvalue weighted by Gasteiger charge is -2.33. The van der Waals surface area contributed by atoms with Crippen molar-refractivity contribution in [1.29, 1.82) is 0 Å². The van der Waals surface area contributed by atoms with Crippen molar-refractivity contribution in [3.05, 3.63) is 89.6 Å². The molecule has 0 atom stereocenters. The number of nitrogens with zero attached hydrogens (tertiary/aromatic N) is 4. The monoisotopic (exact) mass is 606 g/mol. The molecule has 1 fully saturated rings. The zero-order chi connectivity index (χ0) is 31.6. The number of carbonyl (C=O) groups is 2. The van der Waals surface area contributed by atoms with E-state index in [1.54, 1.807) is 23.2 Å². The first-order chi connectivity index (χ1) is 20.8. The van der Waals surface area contributed by atoms with Crippen LogP contribution in [0.3, 0.4) is 0 Å². The summed E-state index contributed by atoms with van der Waals surface area (Å²) < 4.78 is 50.8. The SMILES string of the molecule is COC(=O)c1cc(-c2ccc(C3CCN(C(=O)OC(C)(C)C)CC3)cc2)cc(-c2cn(-c3ccc(C(F)(F)F)cc3)nn2)c1. The van der Waals surface area contributed by atoms with Gasteiger partial charge >= 0.3 is 18.2 Å².